The Labute approximate surface area is 139 Å². The Kier molecular flexibility index (Phi) is 4.77. The van der Waals surface area contributed by atoms with Crippen molar-refractivity contribution in [2.75, 3.05) is 7.05 Å². The first kappa shape index (κ1) is 17.7. The van der Waals surface area contributed by atoms with Crippen LogP contribution in [0.1, 0.15) is 33.5 Å². The molecule has 0 bridgehead atoms. The fourth-order valence-electron chi connectivity index (χ4n) is 1.77. The van der Waals surface area contributed by atoms with Crippen molar-refractivity contribution >= 4 is 6.09 Å². The second-order valence-electron chi connectivity index (χ2n) is 6.41. The number of aromatic nitrogens is 4. The lowest BCUT2D eigenvalue weighted by atomic mass is 10.2. The summed E-state index contributed by atoms with van der Waals surface area (Å²) in [6, 6.07) is 9.08. The second kappa shape index (κ2) is 6.46. The Morgan fingerprint density at radius 3 is 2.08 bits per heavy atom. The van der Waals surface area contributed by atoms with Crippen LogP contribution in [0, 0.1) is 0 Å². The Hall–Kier alpha value is -2.64. The molecule has 0 aliphatic rings. The van der Waals surface area contributed by atoms with Gasteiger partial charge in [-0.05, 0) is 27.7 Å². The molecule has 1 aromatic heterocycles. The first-order chi connectivity index (χ1) is 11.1. The van der Waals surface area contributed by atoms with Gasteiger partial charge in [0.2, 0.25) is 17.4 Å². The summed E-state index contributed by atoms with van der Waals surface area (Å²) in [7, 11) is 1.27. The SMILES string of the molecule is CN(C(=O)OC(C)(C)C)C(C)(F)c1nnc(-c2ccccc2)nn1. The molecule has 0 fully saturated rings. The van der Waals surface area contributed by atoms with Gasteiger partial charge < -0.3 is 4.74 Å². The lowest BCUT2D eigenvalue weighted by Crippen LogP contribution is -2.45. The molecule has 24 heavy (non-hydrogen) atoms. The van der Waals surface area contributed by atoms with Gasteiger partial charge in [0, 0.05) is 12.6 Å². The molecular formula is C16H20FN5O2. The first-order valence-electron chi connectivity index (χ1n) is 7.40. The molecule has 1 atom stereocenters. The third-order valence-electron chi connectivity index (χ3n) is 3.22. The molecule has 7 nitrogen and oxygen atoms in total. The van der Waals surface area contributed by atoms with Crippen LogP contribution in [0.5, 0.6) is 0 Å². The molecule has 1 amide bonds. The predicted octanol–water partition coefficient (Wildman–Crippen LogP) is 2.94. The minimum Gasteiger partial charge on any atom is -0.444 e. The van der Waals surface area contributed by atoms with E-state index in [2.05, 4.69) is 20.4 Å². The van der Waals surface area contributed by atoms with Crippen LogP contribution in [0.15, 0.2) is 30.3 Å². The number of rotatable bonds is 3. The number of amides is 1. The van der Waals surface area contributed by atoms with E-state index in [0.717, 1.165) is 11.8 Å². The fraction of sp³-hybridized carbons (Fsp3) is 0.438. The molecule has 0 radical (unpaired) electrons. The number of halogens is 1. The van der Waals surface area contributed by atoms with Crippen molar-refractivity contribution in [3.8, 4) is 11.4 Å². The Morgan fingerprint density at radius 2 is 1.58 bits per heavy atom. The van der Waals surface area contributed by atoms with Gasteiger partial charge >= 0.3 is 6.09 Å². The van der Waals surface area contributed by atoms with Crippen LogP contribution >= 0.6 is 0 Å². The van der Waals surface area contributed by atoms with Crippen LogP contribution in [0.3, 0.4) is 0 Å². The summed E-state index contributed by atoms with van der Waals surface area (Å²) >= 11 is 0. The van der Waals surface area contributed by atoms with E-state index >= 15 is 0 Å². The van der Waals surface area contributed by atoms with E-state index in [-0.39, 0.29) is 11.6 Å². The molecule has 0 aliphatic heterocycles. The molecule has 0 N–H and O–H groups in total. The van der Waals surface area contributed by atoms with Gasteiger partial charge in [-0.2, -0.15) is 0 Å². The summed E-state index contributed by atoms with van der Waals surface area (Å²) in [5.41, 5.74) is -0.0271. The predicted molar refractivity (Wildman–Crippen MR) is 85.5 cm³/mol. The smallest absolute Gasteiger partial charge is 0.412 e. The van der Waals surface area contributed by atoms with Crippen molar-refractivity contribution in [2.24, 2.45) is 0 Å². The average molecular weight is 333 g/mol. The van der Waals surface area contributed by atoms with Gasteiger partial charge in [-0.1, -0.05) is 30.3 Å². The van der Waals surface area contributed by atoms with Crippen LogP contribution in [-0.2, 0) is 10.5 Å². The van der Waals surface area contributed by atoms with Gasteiger partial charge in [-0.15, -0.1) is 20.4 Å². The van der Waals surface area contributed by atoms with Crippen molar-refractivity contribution in [1.29, 1.82) is 0 Å². The number of benzene rings is 1. The maximum absolute atomic E-state index is 15.0. The number of ether oxygens (including phenoxy) is 1. The Balaban J connectivity index is 2.21. The zero-order valence-electron chi connectivity index (χ0n) is 14.3. The standard InChI is InChI=1S/C16H20FN5O2/c1-15(2,3)24-14(23)22(5)16(4,17)13-20-18-12(19-21-13)11-9-7-6-8-10-11/h6-10H,1-5H3. The zero-order valence-corrected chi connectivity index (χ0v) is 14.3. The molecule has 0 saturated heterocycles. The fourth-order valence-corrected chi connectivity index (χ4v) is 1.77. The van der Waals surface area contributed by atoms with Crippen molar-refractivity contribution in [3.63, 3.8) is 0 Å². The lowest BCUT2D eigenvalue weighted by molar-refractivity contribution is -0.0404. The third kappa shape index (κ3) is 4.01. The van der Waals surface area contributed by atoms with E-state index in [0.29, 0.717) is 5.56 Å². The van der Waals surface area contributed by atoms with Gasteiger partial charge in [0.15, 0.2) is 0 Å². The number of hydrogen-bond acceptors (Lipinski definition) is 6. The average Bonchev–Trinajstić information content (AvgIpc) is 2.53. The lowest BCUT2D eigenvalue weighted by Gasteiger charge is -2.31. The quantitative estimate of drug-likeness (QED) is 0.803. The van der Waals surface area contributed by atoms with Gasteiger partial charge in [0.05, 0.1) is 0 Å². The number of nitrogens with zero attached hydrogens (tertiary/aromatic N) is 5. The van der Waals surface area contributed by atoms with Gasteiger partial charge in [-0.25, -0.2) is 9.18 Å². The van der Waals surface area contributed by atoms with E-state index in [1.807, 2.05) is 18.2 Å². The van der Waals surface area contributed by atoms with Crippen LogP contribution in [0.4, 0.5) is 9.18 Å². The maximum atomic E-state index is 15.0. The highest BCUT2D eigenvalue weighted by atomic mass is 19.1. The van der Waals surface area contributed by atoms with Crippen LogP contribution < -0.4 is 0 Å². The third-order valence-corrected chi connectivity index (χ3v) is 3.22. The molecule has 2 rings (SSSR count). The number of carbonyl (C=O) groups excluding carboxylic acids is 1. The first-order valence-corrected chi connectivity index (χ1v) is 7.40. The molecule has 128 valence electrons. The molecular weight excluding hydrogens is 313 g/mol. The normalized spacial score (nSPS) is 13.9. The van der Waals surface area contributed by atoms with Crippen LogP contribution in [0.25, 0.3) is 11.4 Å². The molecule has 0 saturated carbocycles. The van der Waals surface area contributed by atoms with Crippen molar-refractivity contribution in [2.45, 2.75) is 39.1 Å². The zero-order chi connectivity index (χ0) is 18.0. The summed E-state index contributed by atoms with van der Waals surface area (Å²) < 4.78 is 20.1. The van der Waals surface area contributed by atoms with Crippen LogP contribution in [-0.4, -0.2) is 44.0 Å². The summed E-state index contributed by atoms with van der Waals surface area (Å²) in [4.78, 5) is 12.8. The Bertz CT molecular complexity index is 699. The van der Waals surface area contributed by atoms with E-state index in [1.165, 1.54) is 7.05 Å². The van der Waals surface area contributed by atoms with Crippen molar-refractivity contribution in [1.82, 2.24) is 25.3 Å². The minimum atomic E-state index is -2.31. The van der Waals surface area contributed by atoms with E-state index in [9.17, 15) is 9.18 Å². The highest BCUT2D eigenvalue weighted by Gasteiger charge is 2.40. The van der Waals surface area contributed by atoms with Gasteiger partial charge in [-0.3, -0.25) is 4.90 Å². The molecule has 0 spiro atoms. The number of carbonyl (C=O) groups is 1. The molecule has 0 aliphatic carbocycles. The topological polar surface area (TPSA) is 81.1 Å². The molecule has 2 aromatic rings. The highest BCUT2D eigenvalue weighted by Crippen LogP contribution is 2.27. The molecule has 1 unspecified atom stereocenters. The summed E-state index contributed by atoms with van der Waals surface area (Å²) in [6.07, 6.45) is -0.830. The second-order valence-corrected chi connectivity index (χ2v) is 6.41. The van der Waals surface area contributed by atoms with Crippen molar-refractivity contribution in [3.05, 3.63) is 36.2 Å². The summed E-state index contributed by atoms with van der Waals surface area (Å²) in [5, 5.41) is 15.3. The Morgan fingerprint density at radius 1 is 1.04 bits per heavy atom. The maximum Gasteiger partial charge on any atom is 0.412 e. The molecule has 8 heteroatoms. The van der Waals surface area contributed by atoms with Crippen LogP contribution in [0.2, 0.25) is 0 Å². The largest absolute Gasteiger partial charge is 0.444 e. The van der Waals surface area contributed by atoms with E-state index in [1.54, 1.807) is 32.9 Å². The van der Waals surface area contributed by atoms with Gasteiger partial charge in [0.25, 0.3) is 0 Å². The monoisotopic (exact) mass is 333 g/mol. The molecule has 1 aromatic carbocycles. The van der Waals surface area contributed by atoms with Gasteiger partial charge in [0.1, 0.15) is 5.60 Å². The summed E-state index contributed by atoms with van der Waals surface area (Å²) in [6.45, 7) is 6.24. The minimum absolute atomic E-state index is 0.273. The number of hydrogen-bond donors (Lipinski definition) is 0. The highest BCUT2D eigenvalue weighted by molar-refractivity contribution is 5.68. The number of alkyl halides is 1. The van der Waals surface area contributed by atoms with E-state index in [4.69, 9.17) is 4.74 Å². The van der Waals surface area contributed by atoms with Crippen molar-refractivity contribution < 1.29 is 13.9 Å². The van der Waals surface area contributed by atoms with E-state index < -0.39 is 17.5 Å². The summed E-state index contributed by atoms with van der Waals surface area (Å²) in [5.74, 6) is -2.36. The molecule has 1 heterocycles.